The predicted octanol–water partition coefficient (Wildman–Crippen LogP) is 10.0. The van der Waals surface area contributed by atoms with Crippen molar-refractivity contribution in [3.05, 3.63) is 59.2 Å². The fraction of sp³-hybridized carbons (Fsp3) is 0.667. The van der Waals surface area contributed by atoms with E-state index in [1.54, 1.807) is 0 Å². The monoisotopic (exact) mass is 516 g/mol. The van der Waals surface area contributed by atoms with Crippen LogP contribution in [0.3, 0.4) is 0 Å². The zero-order chi connectivity index (χ0) is 27.5. The molecule has 0 aromatic heterocycles. The number of carbonyl (C=O) groups is 2. The molecule has 2 bridgehead atoms. The lowest BCUT2D eigenvalue weighted by atomic mass is 9.49. The number of ketones is 2. The highest BCUT2D eigenvalue weighted by molar-refractivity contribution is 6.20. The van der Waals surface area contributed by atoms with Gasteiger partial charge < -0.3 is 0 Å². The van der Waals surface area contributed by atoms with Gasteiger partial charge in [-0.15, -0.1) is 0 Å². The molecule has 6 unspecified atom stereocenters. The lowest BCUT2D eigenvalue weighted by Gasteiger charge is -2.50. The number of carbonyl (C=O) groups excluding carboxylic acids is 2. The molecule has 0 saturated heterocycles. The highest BCUT2D eigenvalue weighted by Gasteiger charge is 2.71. The molecule has 2 heteroatoms. The Hall–Kier alpha value is -1.96. The largest absolute Gasteiger partial charge is 0.293 e. The van der Waals surface area contributed by atoms with E-state index < -0.39 is 10.8 Å². The zero-order valence-electron chi connectivity index (χ0n) is 25.0. The Bertz CT molecular complexity index is 1060. The van der Waals surface area contributed by atoms with E-state index in [0.717, 1.165) is 30.6 Å². The average Bonchev–Trinajstić information content (AvgIpc) is 3.47. The molecule has 208 valence electrons. The molecule has 38 heavy (non-hydrogen) atoms. The van der Waals surface area contributed by atoms with Crippen molar-refractivity contribution in [1.29, 1.82) is 0 Å². The molecule has 0 heterocycles. The summed E-state index contributed by atoms with van der Waals surface area (Å²) in [5.41, 5.74) is 1.40. The van der Waals surface area contributed by atoms with Crippen LogP contribution in [0.1, 0.15) is 133 Å². The lowest BCUT2D eigenvalue weighted by Crippen LogP contribution is -2.56. The Morgan fingerprint density at radius 3 is 2.03 bits per heavy atom. The molecule has 2 nitrogen and oxygen atoms in total. The van der Waals surface area contributed by atoms with Gasteiger partial charge in [-0.25, -0.2) is 0 Å². The molecule has 6 atom stereocenters. The van der Waals surface area contributed by atoms with Crippen LogP contribution in [-0.4, -0.2) is 11.6 Å². The molecule has 1 aromatic carbocycles. The second-order valence-corrected chi connectivity index (χ2v) is 13.8. The van der Waals surface area contributed by atoms with Crippen LogP contribution in [0.25, 0.3) is 0 Å². The molecule has 3 aliphatic carbocycles. The molecule has 0 radical (unpaired) electrons. The third kappa shape index (κ3) is 5.39. The maximum absolute atomic E-state index is 14.1. The van der Waals surface area contributed by atoms with Gasteiger partial charge in [-0.05, 0) is 62.2 Å². The molecular weight excluding hydrogens is 464 g/mol. The number of Topliss-reactive ketones (excluding diaryl/α,β-unsaturated/α-hetero) is 2. The number of benzene rings is 1. The first-order valence-electron chi connectivity index (χ1n) is 15.6. The maximum Gasteiger partial charge on any atom is 0.171 e. The zero-order valence-corrected chi connectivity index (χ0v) is 25.0. The number of rotatable bonds is 14. The molecule has 1 aromatic rings. The number of fused-ring (bicyclic) bond motifs is 6. The summed E-state index contributed by atoms with van der Waals surface area (Å²) in [4.78, 5) is 27.9. The summed E-state index contributed by atoms with van der Waals surface area (Å²) in [5.74, 6) is 3.18. The fourth-order valence-electron chi connectivity index (χ4n) is 7.98. The highest BCUT2D eigenvalue weighted by Crippen LogP contribution is 2.69. The van der Waals surface area contributed by atoms with Gasteiger partial charge in [0.1, 0.15) is 0 Å². The van der Waals surface area contributed by atoms with Crippen LogP contribution >= 0.6 is 0 Å². The van der Waals surface area contributed by atoms with Gasteiger partial charge in [-0.3, -0.25) is 9.59 Å². The van der Waals surface area contributed by atoms with E-state index in [4.69, 9.17) is 0 Å². The Morgan fingerprint density at radius 2 is 1.39 bits per heavy atom. The first kappa shape index (κ1) is 29.0. The van der Waals surface area contributed by atoms with E-state index in [0.29, 0.717) is 17.5 Å². The average molecular weight is 517 g/mol. The molecule has 3 aliphatic rings. The minimum atomic E-state index is -0.630. The first-order valence-corrected chi connectivity index (χ1v) is 15.6. The van der Waals surface area contributed by atoms with E-state index in [1.807, 2.05) is 24.3 Å². The van der Waals surface area contributed by atoms with Gasteiger partial charge in [-0.1, -0.05) is 128 Å². The van der Waals surface area contributed by atoms with Crippen LogP contribution in [0, 0.1) is 40.4 Å². The SMILES string of the molecule is C/C(=C\CC12C(=O)c3ccccc3C(=O)C1(C)C1C=CC2C1)CCCC(C)CCCC(C)CCCC(C)C. The summed E-state index contributed by atoms with van der Waals surface area (Å²) in [6.07, 6.45) is 20.1. The van der Waals surface area contributed by atoms with Crippen molar-refractivity contribution in [2.24, 2.45) is 40.4 Å². The standard InChI is InChI=1S/C36H52O2/c1-25(2)12-9-13-26(3)14-10-15-27(4)16-11-17-28(5)22-23-36-30-21-20-29(24-30)35(36,6)33(37)31-18-7-8-19-32(31)34(36)38/h7-8,18-22,25-27,29-30H,9-17,23-24H2,1-6H3/b28-22+. The summed E-state index contributed by atoms with van der Waals surface area (Å²) in [5, 5.41) is 0. The Balaban J connectivity index is 1.30. The van der Waals surface area contributed by atoms with Crippen molar-refractivity contribution < 1.29 is 9.59 Å². The number of hydrogen-bond acceptors (Lipinski definition) is 2. The van der Waals surface area contributed by atoms with Gasteiger partial charge in [0, 0.05) is 11.1 Å². The second kappa shape index (κ2) is 12.1. The van der Waals surface area contributed by atoms with Crippen LogP contribution in [0.2, 0.25) is 0 Å². The van der Waals surface area contributed by atoms with Crippen molar-refractivity contribution >= 4 is 11.6 Å². The van der Waals surface area contributed by atoms with Crippen molar-refractivity contribution in [3.63, 3.8) is 0 Å². The van der Waals surface area contributed by atoms with Gasteiger partial charge in [0.15, 0.2) is 11.6 Å². The summed E-state index contributed by atoms with van der Waals surface area (Å²) in [6, 6.07) is 7.52. The molecular formula is C36H52O2. The predicted molar refractivity (Wildman–Crippen MR) is 159 cm³/mol. The normalized spacial score (nSPS) is 29.6. The van der Waals surface area contributed by atoms with E-state index >= 15 is 0 Å². The maximum atomic E-state index is 14.1. The molecule has 0 amide bonds. The number of allylic oxidation sites excluding steroid dienone is 4. The van der Waals surface area contributed by atoms with E-state index in [2.05, 4.69) is 59.8 Å². The third-order valence-electron chi connectivity index (χ3n) is 10.6. The minimum Gasteiger partial charge on any atom is -0.293 e. The Kier molecular flexibility index (Phi) is 9.21. The number of hydrogen-bond donors (Lipinski definition) is 0. The molecule has 1 fully saturated rings. The van der Waals surface area contributed by atoms with Gasteiger partial charge in [0.2, 0.25) is 0 Å². The summed E-state index contributed by atoms with van der Waals surface area (Å²) >= 11 is 0. The van der Waals surface area contributed by atoms with Crippen LogP contribution in [0.15, 0.2) is 48.1 Å². The van der Waals surface area contributed by atoms with Crippen molar-refractivity contribution in [1.82, 2.24) is 0 Å². The second-order valence-electron chi connectivity index (χ2n) is 13.8. The molecule has 0 N–H and O–H groups in total. The van der Waals surface area contributed by atoms with Gasteiger partial charge >= 0.3 is 0 Å². The highest BCUT2D eigenvalue weighted by atomic mass is 16.1. The van der Waals surface area contributed by atoms with Crippen molar-refractivity contribution in [2.45, 2.75) is 112 Å². The van der Waals surface area contributed by atoms with Crippen molar-refractivity contribution in [3.8, 4) is 0 Å². The summed E-state index contributed by atoms with van der Waals surface area (Å²) in [7, 11) is 0. The van der Waals surface area contributed by atoms with Crippen molar-refractivity contribution in [2.75, 3.05) is 0 Å². The molecule has 0 aliphatic heterocycles. The van der Waals surface area contributed by atoms with Gasteiger partial charge in [0.25, 0.3) is 0 Å². The van der Waals surface area contributed by atoms with E-state index in [-0.39, 0.29) is 23.4 Å². The smallest absolute Gasteiger partial charge is 0.171 e. The first-order chi connectivity index (χ1) is 18.1. The topological polar surface area (TPSA) is 34.1 Å². The van der Waals surface area contributed by atoms with Gasteiger partial charge in [0.05, 0.1) is 10.8 Å². The van der Waals surface area contributed by atoms with E-state index in [1.165, 1.54) is 56.9 Å². The van der Waals surface area contributed by atoms with Crippen LogP contribution < -0.4 is 0 Å². The molecule has 0 spiro atoms. The Labute approximate surface area is 232 Å². The summed E-state index contributed by atoms with van der Waals surface area (Å²) in [6.45, 7) is 13.8. The lowest BCUT2D eigenvalue weighted by molar-refractivity contribution is 0.0242. The van der Waals surface area contributed by atoms with Gasteiger partial charge in [-0.2, -0.15) is 0 Å². The third-order valence-corrected chi connectivity index (χ3v) is 10.6. The minimum absolute atomic E-state index is 0.166. The fourth-order valence-corrected chi connectivity index (χ4v) is 7.98. The van der Waals surface area contributed by atoms with Crippen LogP contribution in [-0.2, 0) is 0 Å². The van der Waals surface area contributed by atoms with Crippen LogP contribution in [0.4, 0.5) is 0 Å². The molecule has 1 saturated carbocycles. The van der Waals surface area contributed by atoms with E-state index in [9.17, 15) is 9.59 Å². The summed E-state index contributed by atoms with van der Waals surface area (Å²) < 4.78 is 0. The van der Waals surface area contributed by atoms with Crippen LogP contribution in [0.5, 0.6) is 0 Å². The Morgan fingerprint density at radius 1 is 0.842 bits per heavy atom. The quantitative estimate of drug-likeness (QED) is 0.230. The molecule has 4 rings (SSSR count).